The summed E-state index contributed by atoms with van der Waals surface area (Å²) in [5.41, 5.74) is 0.181. The lowest BCUT2D eigenvalue weighted by Crippen LogP contribution is -2.40. The summed E-state index contributed by atoms with van der Waals surface area (Å²) in [6.07, 6.45) is 0.406. The summed E-state index contributed by atoms with van der Waals surface area (Å²) in [5.74, 6) is -1.57. The van der Waals surface area contributed by atoms with Gasteiger partial charge in [0, 0.05) is 23.9 Å². The number of carbonyl (C=O) groups is 1. The zero-order valence-corrected chi connectivity index (χ0v) is 13.3. The van der Waals surface area contributed by atoms with Crippen molar-refractivity contribution in [2.75, 3.05) is 18.1 Å². The van der Waals surface area contributed by atoms with Crippen molar-refractivity contribution in [1.29, 1.82) is 0 Å². The summed E-state index contributed by atoms with van der Waals surface area (Å²) >= 11 is 0. The van der Waals surface area contributed by atoms with Crippen molar-refractivity contribution >= 4 is 15.9 Å². The molecule has 0 radical (unpaired) electrons. The van der Waals surface area contributed by atoms with E-state index in [-0.39, 0.29) is 23.6 Å². The molecular weight excluding hydrogens is 314 g/mol. The summed E-state index contributed by atoms with van der Waals surface area (Å²) < 4.78 is 49.2. The van der Waals surface area contributed by atoms with Crippen LogP contribution in [0.25, 0.3) is 0 Å². The molecule has 0 aliphatic heterocycles. The molecule has 0 unspecified atom stereocenters. The first kappa shape index (κ1) is 18.3. The molecule has 1 aromatic rings. The van der Waals surface area contributed by atoms with E-state index in [0.29, 0.717) is 6.42 Å². The molecule has 0 heterocycles. The molecule has 1 atom stereocenters. The van der Waals surface area contributed by atoms with Crippen molar-refractivity contribution in [3.05, 3.63) is 35.4 Å². The average Bonchev–Trinajstić information content (AvgIpc) is 2.45. The highest BCUT2D eigenvalue weighted by atomic mass is 32.2. The van der Waals surface area contributed by atoms with E-state index in [1.165, 1.54) is 13.0 Å². The number of hydrogen-bond acceptors (Lipinski definition) is 3. The Morgan fingerprint density at radius 1 is 1.27 bits per heavy atom. The Bertz CT molecular complexity index is 621. The lowest BCUT2D eigenvalue weighted by Gasteiger charge is -2.18. The standard InChI is InChI=1S/C14H20F2N2O3S/c1-3-13(11-6-5-10(15)9-12(11)16)18-14(19)17-7-8-22(20,21)4-2/h5-6,9,13H,3-4,7-8H2,1-2H3,(H2,17,18,19)/t13-/m1/s1. The Labute approximate surface area is 129 Å². The fourth-order valence-electron chi connectivity index (χ4n) is 1.86. The predicted octanol–water partition coefficient (Wildman–Crippen LogP) is 2.15. The lowest BCUT2D eigenvalue weighted by molar-refractivity contribution is 0.237. The lowest BCUT2D eigenvalue weighted by atomic mass is 10.0. The summed E-state index contributed by atoms with van der Waals surface area (Å²) in [6, 6.07) is 1.94. The molecule has 22 heavy (non-hydrogen) atoms. The fourth-order valence-corrected chi connectivity index (χ4v) is 2.56. The van der Waals surface area contributed by atoms with Crippen LogP contribution in [0.4, 0.5) is 13.6 Å². The Morgan fingerprint density at radius 2 is 1.95 bits per heavy atom. The number of halogens is 2. The van der Waals surface area contributed by atoms with Gasteiger partial charge >= 0.3 is 6.03 Å². The maximum Gasteiger partial charge on any atom is 0.315 e. The maximum absolute atomic E-state index is 13.7. The van der Waals surface area contributed by atoms with E-state index in [1.807, 2.05) is 0 Å². The second-order valence-corrected chi connectivity index (χ2v) is 7.24. The van der Waals surface area contributed by atoms with Crippen LogP contribution in [0.15, 0.2) is 18.2 Å². The summed E-state index contributed by atoms with van der Waals surface area (Å²) in [5, 5.41) is 4.95. The van der Waals surface area contributed by atoms with Gasteiger partial charge in [-0.25, -0.2) is 22.0 Å². The van der Waals surface area contributed by atoms with E-state index in [1.54, 1.807) is 6.92 Å². The van der Waals surface area contributed by atoms with Crippen LogP contribution < -0.4 is 10.6 Å². The van der Waals surface area contributed by atoms with Crippen molar-refractivity contribution in [2.24, 2.45) is 0 Å². The Morgan fingerprint density at radius 3 is 2.50 bits per heavy atom. The fraction of sp³-hybridized carbons (Fsp3) is 0.500. The van der Waals surface area contributed by atoms with Gasteiger partial charge in [-0.1, -0.05) is 19.9 Å². The van der Waals surface area contributed by atoms with E-state index in [2.05, 4.69) is 10.6 Å². The van der Waals surface area contributed by atoms with Gasteiger partial charge in [-0.15, -0.1) is 0 Å². The molecule has 0 aromatic heterocycles. The number of nitrogens with one attached hydrogen (secondary N) is 2. The number of hydrogen-bond donors (Lipinski definition) is 2. The molecule has 0 spiro atoms. The molecule has 124 valence electrons. The molecule has 0 aliphatic carbocycles. The minimum atomic E-state index is -3.16. The molecule has 0 bridgehead atoms. The van der Waals surface area contributed by atoms with Crippen LogP contribution in [-0.2, 0) is 9.84 Å². The van der Waals surface area contributed by atoms with E-state index >= 15 is 0 Å². The van der Waals surface area contributed by atoms with Crippen molar-refractivity contribution < 1.29 is 22.0 Å². The number of rotatable bonds is 7. The zero-order chi connectivity index (χ0) is 16.8. The predicted molar refractivity (Wildman–Crippen MR) is 80.3 cm³/mol. The first-order valence-corrected chi connectivity index (χ1v) is 8.81. The number of urea groups is 1. The molecule has 1 rings (SSSR count). The average molecular weight is 334 g/mol. The van der Waals surface area contributed by atoms with Crippen LogP contribution >= 0.6 is 0 Å². The van der Waals surface area contributed by atoms with Gasteiger partial charge in [0.1, 0.15) is 11.6 Å². The maximum atomic E-state index is 13.7. The molecule has 2 amide bonds. The molecule has 0 fully saturated rings. The van der Waals surface area contributed by atoms with Crippen LogP contribution in [0, 0.1) is 11.6 Å². The van der Waals surface area contributed by atoms with Crippen molar-refractivity contribution in [1.82, 2.24) is 10.6 Å². The molecule has 5 nitrogen and oxygen atoms in total. The normalized spacial score (nSPS) is 12.7. The third-order valence-corrected chi connectivity index (χ3v) is 4.90. The molecule has 8 heteroatoms. The Balaban J connectivity index is 2.61. The van der Waals surface area contributed by atoms with E-state index in [9.17, 15) is 22.0 Å². The third kappa shape index (κ3) is 5.59. The van der Waals surface area contributed by atoms with Gasteiger partial charge in [-0.05, 0) is 12.5 Å². The molecule has 2 N–H and O–H groups in total. The zero-order valence-electron chi connectivity index (χ0n) is 12.5. The van der Waals surface area contributed by atoms with Gasteiger partial charge in [-0.2, -0.15) is 0 Å². The first-order chi connectivity index (χ1) is 10.3. The number of amides is 2. The topological polar surface area (TPSA) is 75.3 Å². The molecule has 1 aromatic carbocycles. The molecular formula is C14H20F2N2O3S. The van der Waals surface area contributed by atoms with E-state index < -0.39 is 33.5 Å². The van der Waals surface area contributed by atoms with Gasteiger partial charge in [0.15, 0.2) is 9.84 Å². The van der Waals surface area contributed by atoms with Crippen LogP contribution in [0.1, 0.15) is 31.9 Å². The Hall–Kier alpha value is -1.70. The second-order valence-electron chi connectivity index (χ2n) is 4.76. The highest BCUT2D eigenvalue weighted by molar-refractivity contribution is 7.91. The minimum Gasteiger partial charge on any atom is -0.337 e. The van der Waals surface area contributed by atoms with Gasteiger partial charge in [-0.3, -0.25) is 0 Å². The highest BCUT2D eigenvalue weighted by Gasteiger charge is 2.17. The van der Waals surface area contributed by atoms with Crippen molar-refractivity contribution in [3.63, 3.8) is 0 Å². The smallest absolute Gasteiger partial charge is 0.315 e. The van der Waals surface area contributed by atoms with E-state index in [4.69, 9.17) is 0 Å². The first-order valence-electron chi connectivity index (χ1n) is 6.98. The summed E-state index contributed by atoms with van der Waals surface area (Å²) in [4.78, 5) is 11.7. The monoisotopic (exact) mass is 334 g/mol. The van der Waals surface area contributed by atoms with Gasteiger partial charge in [0.25, 0.3) is 0 Å². The van der Waals surface area contributed by atoms with Crippen LogP contribution in [0.2, 0.25) is 0 Å². The minimum absolute atomic E-state index is 0.00861. The molecule has 0 saturated carbocycles. The second kappa shape index (κ2) is 8.07. The van der Waals surface area contributed by atoms with Gasteiger partial charge < -0.3 is 10.6 Å². The number of benzene rings is 1. The summed E-state index contributed by atoms with van der Waals surface area (Å²) in [6.45, 7) is 3.25. The van der Waals surface area contributed by atoms with E-state index in [0.717, 1.165) is 12.1 Å². The van der Waals surface area contributed by atoms with Gasteiger partial charge in [0.2, 0.25) is 0 Å². The van der Waals surface area contributed by atoms with Crippen LogP contribution in [0.5, 0.6) is 0 Å². The largest absolute Gasteiger partial charge is 0.337 e. The Kier molecular flexibility index (Phi) is 6.73. The molecule has 0 saturated heterocycles. The summed E-state index contributed by atoms with van der Waals surface area (Å²) in [7, 11) is -3.16. The number of sulfone groups is 1. The van der Waals surface area contributed by atoms with Gasteiger partial charge in [0.05, 0.1) is 11.8 Å². The highest BCUT2D eigenvalue weighted by Crippen LogP contribution is 2.20. The quantitative estimate of drug-likeness (QED) is 0.802. The van der Waals surface area contributed by atoms with Crippen LogP contribution in [-0.4, -0.2) is 32.5 Å². The van der Waals surface area contributed by atoms with Crippen molar-refractivity contribution in [3.8, 4) is 0 Å². The SMILES string of the molecule is CC[C@@H](NC(=O)NCCS(=O)(=O)CC)c1ccc(F)cc1F. The van der Waals surface area contributed by atoms with Crippen LogP contribution in [0.3, 0.4) is 0 Å². The third-order valence-electron chi connectivity index (χ3n) is 3.19. The molecule has 0 aliphatic rings. The van der Waals surface area contributed by atoms with Crippen molar-refractivity contribution in [2.45, 2.75) is 26.3 Å². The number of carbonyl (C=O) groups excluding carboxylic acids is 1.